The van der Waals surface area contributed by atoms with Crippen LogP contribution < -0.4 is 10.6 Å². The van der Waals surface area contributed by atoms with Gasteiger partial charge < -0.3 is 15.5 Å². The zero-order chi connectivity index (χ0) is 20.5. The van der Waals surface area contributed by atoms with Crippen LogP contribution in [0.25, 0.3) is 0 Å². The Bertz CT molecular complexity index is 819. The quantitative estimate of drug-likeness (QED) is 0.705. The molecule has 1 heterocycles. The van der Waals surface area contributed by atoms with Crippen molar-refractivity contribution < 1.29 is 19.2 Å². The van der Waals surface area contributed by atoms with Gasteiger partial charge in [-0.05, 0) is 25.0 Å². The minimum absolute atomic E-state index is 0.258. The van der Waals surface area contributed by atoms with Crippen LogP contribution in [0.4, 0.5) is 10.5 Å². The van der Waals surface area contributed by atoms with Crippen LogP contribution in [0, 0.1) is 0 Å². The van der Waals surface area contributed by atoms with Gasteiger partial charge in [-0.3, -0.25) is 19.3 Å². The van der Waals surface area contributed by atoms with E-state index in [1.165, 1.54) is 7.05 Å². The first-order chi connectivity index (χ1) is 13.2. The fraction of sp³-hybridized carbons (Fsp3) is 0.444. The number of likely N-dealkylation sites (N-methyl/N-ethyl adjacent to an activating group) is 1. The SMILES string of the molecule is CN(CC(=O)Nc1c(Cl)cccc1Cl)C(=O)CN1C(=O)NC2(CCCC2)C1=O. The smallest absolute Gasteiger partial charge is 0.325 e. The maximum atomic E-state index is 12.6. The van der Waals surface area contributed by atoms with Gasteiger partial charge in [0.25, 0.3) is 5.91 Å². The molecule has 1 saturated heterocycles. The van der Waals surface area contributed by atoms with Crippen molar-refractivity contribution in [3.05, 3.63) is 28.2 Å². The number of carbonyl (C=O) groups excluding carboxylic acids is 4. The lowest BCUT2D eigenvalue weighted by molar-refractivity contribution is -0.139. The van der Waals surface area contributed by atoms with Crippen LogP contribution in [0.15, 0.2) is 18.2 Å². The van der Waals surface area contributed by atoms with E-state index in [0.717, 1.165) is 22.6 Å². The van der Waals surface area contributed by atoms with Gasteiger partial charge in [0.05, 0.1) is 22.3 Å². The standard InChI is InChI=1S/C18H20Cl2N4O4/c1-23(9-13(25)21-15-11(19)5-4-6-12(15)20)14(26)10-24-16(27)18(22-17(24)28)7-2-3-8-18/h4-6H,2-3,7-10H2,1H3,(H,21,25)(H,22,28). The summed E-state index contributed by atoms with van der Waals surface area (Å²) in [4.78, 5) is 51.5. The van der Waals surface area contributed by atoms with Crippen LogP contribution in [0.5, 0.6) is 0 Å². The van der Waals surface area contributed by atoms with Crippen molar-refractivity contribution in [1.29, 1.82) is 0 Å². The van der Waals surface area contributed by atoms with E-state index in [4.69, 9.17) is 23.2 Å². The zero-order valence-electron chi connectivity index (χ0n) is 15.3. The first-order valence-corrected chi connectivity index (χ1v) is 9.61. The summed E-state index contributed by atoms with van der Waals surface area (Å²) in [6.07, 6.45) is 2.88. The van der Waals surface area contributed by atoms with Gasteiger partial charge in [0.1, 0.15) is 12.1 Å². The highest BCUT2D eigenvalue weighted by Crippen LogP contribution is 2.35. The molecule has 0 radical (unpaired) electrons. The first kappa shape index (κ1) is 20.4. The molecule has 2 fully saturated rings. The van der Waals surface area contributed by atoms with Crippen molar-refractivity contribution in [3.63, 3.8) is 0 Å². The number of hydrogen-bond acceptors (Lipinski definition) is 4. The molecule has 1 aromatic rings. The Labute approximate surface area is 172 Å². The molecule has 150 valence electrons. The number of hydrogen-bond donors (Lipinski definition) is 2. The van der Waals surface area contributed by atoms with Gasteiger partial charge in [-0.15, -0.1) is 0 Å². The number of nitrogens with one attached hydrogen (secondary N) is 2. The summed E-state index contributed by atoms with van der Waals surface area (Å²) < 4.78 is 0. The minimum atomic E-state index is -0.867. The molecule has 0 atom stereocenters. The maximum Gasteiger partial charge on any atom is 0.325 e. The van der Waals surface area contributed by atoms with Crippen LogP contribution >= 0.6 is 23.2 Å². The molecule has 8 nitrogen and oxygen atoms in total. The van der Waals surface area contributed by atoms with Crippen LogP contribution in [0.2, 0.25) is 10.0 Å². The van der Waals surface area contributed by atoms with Gasteiger partial charge in [-0.25, -0.2) is 4.79 Å². The zero-order valence-corrected chi connectivity index (χ0v) is 16.8. The second kappa shape index (κ2) is 7.97. The molecule has 1 aliphatic heterocycles. The van der Waals surface area contributed by atoms with E-state index in [0.29, 0.717) is 12.8 Å². The number of nitrogens with zero attached hydrogens (tertiary/aromatic N) is 2. The summed E-state index contributed by atoms with van der Waals surface area (Å²) >= 11 is 12.0. The summed E-state index contributed by atoms with van der Waals surface area (Å²) in [5.74, 6) is -1.40. The third-order valence-corrected chi connectivity index (χ3v) is 5.66. The molecule has 2 N–H and O–H groups in total. The number of rotatable bonds is 5. The molecule has 3 rings (SSSR count). The second-order valence-electron chi connectivity index (χ2n) is 7.01. The van der Waals surface area contributed by atoms with Gasteiger partial charge in [0.2, 0.25) is 11.8 Å². The van der Waals surface area contributed by atoms with Crippen LogP contribution in [-0.2, 0) is 14.4 Å². The van der Waals surface area contributed by atoms with E-state index in [2.05, 4.69) is 10.6 Å². The highest BCUT2D eigenvalue weighted by Gasteiger charge is 2.52. The Balaban J connectivity index is 1.58. The Morgan fingerprint density at radius 2 is 1.82 bits per heavy atom. The molecular weight excluding hydrogens is 407 g/mol. The highest BCUT2D eigenvalue weighted by atomic mass is 35.5. The van der Waals surface area contributed by atoms with Gasteiger partial charge in [-0.2, -0.15) is 0 Å². The molecule has 5 amide bonds. The summed E-state index contributed by atoms with van der Waals surface area (Å²) in [5.41, 5.74) is -0.609. The number of carbonyl (C=O) groups is 4. The Morgan fingerprint density at radius 3 is 2.43 bits per heavy atom. The van der Waals surface area contributed by atoms with Crippen molar-refractivity contribution in [2.75, 3.05) is 25.5 Å². The Kier molecular flexibility index (Phi) is 5.81. The summed E-state index contributed by atoms with van der Waals surface area (Å²) in [5, 5.41) is 5.82. The van der Waals surface area contributed by atoms with E-state index in [-0.39, 0.29) is 28.2 Å². The number of anilines is 1. The number of amides is 5. The summed E-state index contributed by atoms with van der Waals surface area (Å²) in [6, 6.07) is 4.23. The van der Waals surface area contributed by atoms with E-state index >= 15 is 0 Å². The number of para-hydroxylation sites is 1. The molecule has 0 unspecified atom stereocenters. The van der Waals surface area contributed by atoms with E-state index in [1.807, 2.05) is 0 Å². The maximum absolute atomic E-state index is 12.6. The molecule has 0 aromatic heterocycles. The van der Waals surface area contributed by atoms with Crippen LogP contribution in [0.1, 0.15) is 25.7 Å². The fourth-order valence-corrected chi connectivity index (χ4v) is 3.98. The Hall–Kier alpha value is -2.32. The van der Waals surface area contributed by atoms with E-state index in [9.17, 15) is 19.2 Å². The number of urea groups is 1. The molecule has 28 heavy (non-hydrogen) atoms. The van der Waals surface area contributed by atoms with Gasteiger partial charge in [0, 0.05) is 7.05 Å². The van der Waals surface area contributed by atoms with Crippen LogP contribution in [0.3, 0.4) is 0 Å². The van der Waals surface area contributed by atoms with Gasteiger partial charge >= 0.3 is 6.03 Å². The molecule has 10 heteroatoms. The third kappa shape index (κ3) is 3.93. The number of halogens is 2. The predicted molar refractivity (Wildman–Crippen MR) is 104 cm³/mol. The fourth-order valence-electron chi connectivity index (χ4n) is 3.49. The van der Waals surface area contributed by atoms with Crippen molar-refractivity contribution in [2.45, 2.75) is 31.2 Å². The minimum Gasteiger partial charge on any atom is -0.335 e. The van der Waals surface area contributed by atoms with E-state index < -0.39 is 29.9 Å². The van der Waals surface area contributed by atoms with Crippen molar-refractivity contribution >= 4 is 52.6 Å². The first-order valence-electron chi connectivity index (χ1n) is 8.85. The van der Waals surface area contributed by atoms with Crippen LogP contribution in [-0.4, -0.2) is 59.2 Å². The predicted octanol–water partition coefficient (Wildman–Crippen LogP) is 2.25. The lowest BCUT2D eigenvalue weighted by Gasteiger charge is -2.22. The molecule has 1 aromatic carbocycles. The molecule has 1 aliphatic carbocycles. The summed E-state index contributed by atoms with van der Waals surface area (Å²) in [7, 11) is 1.42. The number of imide groups is 1. The average Bonchev–Trinajstić information content (AvgIpc) is 3.19. The topological polar surface area (TPSA) is 98.8 Å². The molecular formula is C18H20Cl2N4O4. The lowest BCUT2D eigenvalue weighted by atomic mass is 9.98. The lowest BCUT2D eigenvalue weighted by Crippen LogP contribution is -2.46. The summed E-state index contributed by atoms with van der Waals surface area (Å²) in [6.45, 7) is -0.696. The third-order valence-electron chi connectivity index (χ3n) is 5.03. The largest absolute Gasteiger partial charge is 0.335 e. The molecule has 2 aliphatic rings. The Morgan fingerprint density at radius 1 is 1.21 bits per heavy atom. The molecule has 0 bridgehead atoms. The highest BCUT2D eigenvalue weighted by molar-refractivity contribution is 6.39. The molecule has 1 saturated carbocycles. The van der Waals surface area contributed by atoms with Gasteiger partial charge in [0.15, 0.2) is 0 Å². The van der Waals surface area contributed by atoms with Crippen molar-refractivity contribution in [3.8, 4) is 0 Å². The van der Waals surface area contributed by atoms with Crippen molar-refractivity contribution in [1.82, 2.24) is 15.1 Å². The second-order valence-corrected chi connectivity index (χ2v) is 7.82. The van der Waals surface area contributed by atoms with E-state index in [1.54, 1.807) is 18.2 Å². The molecule has 1 spiro atoms. The van der Waals surface area contributed by atoms with Gasteiger partial charge in [-0.1, -0.05) is 42.1 Å². The number of benzene rings is 1. The monoisotopic (exact) mass is 426 g/mol. The van der Waals surface area contributed by atoms with Crippen molar-refractivity contribution in [2.24, 2.45) is 0 Å². The normalized spacial score (nSPS) is 17.8. The average molecular weight is 427 g/mol.